The molecular formula is C22H17B2NO4. The Bertz CT molecular complexity index is 1360. The number of benzene rings is 4. The van der Waals surface area contributed by atoms with Gasteiger partial charge in [0.2, 0.25) is 0 Å². The summed E-state index contributed by atoms with van der Waals surface area (Å²) >= 11 is 0. The van der Waals surface area contributed by atoms with Crippen molar-refractivity contribution in [3.8, 4) is 5.69 Å². The Kier molecular flexibility index (Phi) is 4.19. The third-order valence-electron chi connectivity index (χ3n) is 5.42. The Hall–Kier alpha value is -3.09. The van der Waals surface area contributed by atoms with Gasteiger partial charge in [0.15, 0.2) is 0 Å². The van der Waals surface area contributed by atoms with E-state index in [0.29, 0.717) is 10.9 Å². The molecule has 0 saturated carbocycles. The van der Waals surface area contributed by atoms with E-state index in [1.165, 1.54) is 0 Å². The minimum atomic E-state index is -1.61. The molecule has 1 heterocycles. The van der Waals surface area contributed by atoms with E-state index in [1.54, 1.807) is 18.2 Å². The van der Waals surface area contributed by atoms with Gasteiger partial charge in [0.1, 0.15) is 0 Å². The molecular weight excluding hydrogens is 364 g/mol. The van der Waals surface area contributed by atoms with Gasteiger partial charge in [-0.2, -0.15) is 0 Å². The highest BCUT2D eigenvalue weighted by Gasteiger charge is 2.22. The normalized spacial score (nSPS) is 11.4. The van der Waals surface area contributed by atoms with Crippen molar-refractivity contribution >= 4 is 57.7 Å². The number of rotatable bonds is 3. The van der Waals surface area contributed by atoms with Gasteiger partial charge in [0.05, 0.1) is 11.0 Å². The van der Waals surface area contributed by atoms with Crippen LogP contribution in [0.1, 0.15) is 0 Å². The molecule has 29 heavy (non-hydrogen) atoms. The van der Waals surface area contributed by atoms with E-state index >= 15 is 0 Å². The number of hydrogen-bond donors (Lipinski definition) is 4. The molecule has 5 nitrogen and oxygen atoms in total. The molecule has 4 N–H and O–H groups in total. The van der Waals surface area contributed by atoms with Crippen LogP contribution in [0.5, 0.6) is 0 Å². The molecule has 0 bridgehead atoms. The summed E-state index contributed by atoms with van der Waals surface area (Å²) in [6.45, 7) is 0. The maximum absolute atomic E-state index is 10.0. The first kappa shape index (κ1) is 18.0. The average Bonchev–Trinajstić information content (AvgIpc) is 3.07. The molecule has 0 fully saturated rings. The van der Waals surface area contributed by atoms with Gasteiger partial charge in [0.25, 0.3) is 0 Å². The summed E-state index contributed by atoms with van der Waals surface area (Å²) in [5.41, 5.74) is 3.34. The van der Waals surface area contributed by atoms with Crippen LogP contribution in [0.4, 0.5) is 0 Å². The van der Waals surface area contributed by atoms with Gasteiger partial charge >= 0.3 is 14.2 Å². The van der Waals surface area contributed by atoms with Crippen molar-refractivity contribution in [3.63, 3.8) is 0 Å². The molecule has 0 saturated heterocycles. The summed E-state index contributed by atoms with van der Waals surface area (Å²) in [4.78, 5) is 0. The van der Waals surface area contributed by atoms with Crippen LogP contribution < -0.4 is 10.9 Å². The molecule has 140 valence electrons. The lowest BCUT2D eigenvalue weighted by molar-refractivity contribution is 0.425. The molecule has 0 amide bonds. The highest BCUT2D eigenvalue weighted by atomic mass is 16.4. The topological polar surface area (TPSA) is 85.8 Å². The van der Waals surface area contributed by atoms with Gasteiger partial charge in [0, 0.05) is 16.5 Å². The summed E-state index contributed by atoms with van der Waals surface area (Å²) < 4.78 is 2.01. The smallest absolute Gasteiger partial charge is 0.423 e. The van der Waals surface area contributed by atoms with Gasteiger partial charge in [-0.1, -0.05) is 54.6 Å². The summed E-state index contributed by atoms with van der Waals surface area (Å²) in [5, 5.41) is 43.0. The van der Waals surface area contributed by atoms with E-state index < -0.39 is 14.2 Å². The highest BCUT2D eigenvalue weighted by molar-refractivity contribution is 6.63. The second-order valence-electron chi connectivity index (χ2n) is 7.10. The summed E-state index contributed by atoms with van der Waals surface area (Å²) in [7, 11) is -3.19. The average molecular weight is 381 g/mol. The summed E-state index contributed by atoms with van der Waals surface area (Å²) in [5.74, 6) is 0. The van der Waals surface area contributed by atoms with Crippen molar-refractivity contribution in [1.82, 2.24) is 4.57 Å². The first-order chi connectivity index (χ1) is 14.1. The number of fused-ring (bicyclic) bond motifs is 5. The largest absolute Gasteiger partial charge is 0.489 e. The van der Waals surface area contributed by atoms with Crippen molar-refractivity contribution in [2.24, 2.45) is 0 Å². The fourth-order valence-electron chi connectivity index (χ4n) is 4.15. The van der Waals surface area contributed by atoms with Crippen LogP contribution in [0, 0.1) is 0 Å². The van der Waals surface area contributed by atoms with Gasteiger partial charge in [-0.05, 0) is 46.0 Å². The maximum atomic E-state index is 10.0. The van der Waals surface area contributed by atoms with Crippen molar-refractivity contribution in [2.75, 3.05) is 0 Å². The van der Waals surface area contributed by atoms with E-state index in [2.05, 4.69) is 0 Å². The highest BCUT2D eigenvalue weighted by Crippen LogP contribution is 2.35. The zero-order valence-electron chi connectivity index (χ0n) is 15.4. The minimum Gasteiger partial charge on any atom is -0.423 e. The van der Waals surface area contributed by atoms with E-state index in [9.17, 15) is 20.1 Å². The molecule has 0 aliphatic carbocycles. The molecule has 0 radical (unpaired) electrons. The van der Waals surface area contributed by atoms with Crippen LogP contribution in [-0.2, 0) is 0 Å². The Morgan fingerprint density at radius 2 is 1.28 bits per heavy atom. The maximum Gasteiger partial charge on any atom is 0.489 e. The Morgan fingerprint density at radius 3 is 1.97 bits per heavy atom. The van der Waals surface area contributed by atoms with Gasteiger partial charge in [-0.25, -0.2) is 0 Å². The van der Waals surface area contributed by atoms with Crippen molar-refractivity contribution in [3.05, 3.63) is 78.9 Å². The van der Waals surface area contributed by atoms with Crippen LogP contribution in [0.25, 0.3) is 38.3 Å². The quantitative estimate of drug-likeness (QED) is 0.355. The molecule has 7 heteroatoms. The zero-order chi connectivity index (χ0) is 20.1. The lowest BCUT2D eigenvalue weighted by atomic mass is 9.76. The monoisotopic (exact) mass is 381 g/mol. The fraction of sp³-hybridized carbons (Fsp3) is 0. The molecule has 0 atom stereocenters. The Balaban J connectivity index is 2.04. The van der Waals surface area contributed by atoms with Crippen molar-refractivity contribution < 1.29 is 20.1 Å². The second-order valence-corrected chi connectivity index (χ2v) is 7.10. The molecule has 0 spiro atoms. The number of nitrogens with zero attached hydrogens (tertiary/aromatic N) is 1. The molecule has 5 aromatic rings. The fourth-order valence-corrected chi connectivity index (χ4v) is 4.15. The Morgan fingerprint density at radius 1 is 0.586 bits per heavy atom. The van der Waals surface area contributed by atoms with E-state index in [1.807, 2.05) is 65.2 Å². The van der Waals surface area contributed by atoms with Crippen LogP contribution in [0.15, 0.2) is 78.9 Å². The first-order valence-corrected chi connectivity index (χ1v) is 9.33. The van der Waals surface area contributed by atoms with E-state index in [4.69, 9.17) is 0 Å². The molecule has 0 unspecified atom stereocenters. The predicted octanol–water partition coefficient (Wildman–Crippen LogP) is 1.30. The van der Waals surface area contributed by atoms with Gasteiger partial charge < -0.3 is 24.7 Å². The van der Waals surface area contributed by atoms with Crippen LogP contribution in [0.3, 0.4) is 0 Å². The van der Waals surface area contributed by atoms with Gasteiger partial charge in [-0.3, -0.25) is 0 Å². The SMILES string of the molecule is OB(O)c1ccc2c3c4ccccc4c(B(O)O)cc3n(-c3ccccc3)c2c1. The molecule has 5 rings (SSSR count). The number of hydrogen-bond acceptors (Lipinski definition) is 4. The van der Waals surface area contributed by atoms with Gasteiger partial charge in [-0.15, -0.1) is 0 Å². The molecule has 0 aliphatic rings. The van der Waals surface area contributed by atoms with Crippen LogP contribution in [0.2, 0.25) is 0 Å². The van der Waals surface area contributed by atoms with E-state index in [0.717, 1.165) is 38.3 Å². The Labute approximate surface area is 167 Å². The van der Waals surface area contributed by atoms with Crippen LogP contribution >= 0.6 is 0 Å². The molecule has 1 aromatic heterocycles. The van der Waals surface area contributed by atoms with Crippen molar-refractivity contribution in [1.29, 1.82) is 0 Å². The third-order valence-corrected chi connectivity index (χ3v) is 5.42. The summed E-state index contributed by atoms with van der Waals surface area (Å²) in [6, 6.07) is 24.5. The molecule has 4 aromatic carbocycles. The lowest BCUT2D eigenvalue weighted by Crippen LogP contribution is -2.30. The third kappa shape index (κ3) is 2.75. The van der Waals surface area contributed by atoms with E-state index in [-0.39, 0.29) is 0 Å². The minimum absolute atomic E-state index is 0.393. The number of aromatic nitrogens is 1. The standard InChI is InChI=1S/C22H17B2NO4/c26-23(27)14-10-11-18-20(12-14)25(15-6-2-1-3-7-15)21-13-19(24(28)29)16-8-4-5-9-17(16)22(18)21/h1-13,26-29H. The second kappa shape index (κ2) is 6.76. The summed E-state index contributed by atoms with van der Waals surface area (Å²) in [6.07, 6.45) is 0. The van der Waals surface area contributed by atoms with Crippen LogP contribution in [-0.4, -0.2) is 38.9 Å². The zero-order valence-corrected chi connectivity index (χ0v) is 15.4. The first-order valence-electron chi connectivity index (χ1n) is 9.33. The lowest BCUT2D eigenvalue weighted by Gasteiger charge is -2.11. The van der Waals surface area contributed by atoms with Crippen molar-refractivity contribution in [2.45, 2.75) is 0 Å². The predicted molar refractivity (Wildman–Crippen MR) is 118 cm³/mol. The molecule has 0 aliphatic heterocycles. The number of para-hydroxylation sites is 1.